The van der Waals surface area contributed by atoms with E-state index in [1.54, 1.807) is 51.1 Å². The number of hydrogen-bond donors (Lipinski definition) is 3. The highest BCUT2D eigenvalue weighted by molar-refractivity contribution is 7.90. The number of aliphatic hydroxyl groups is 1. The summed E-state index contributed by atoms with van der Waals surface area (Å²) in [5, 5.41) is 13.9. The molecule has 3 N–H and O–H groups in total. The molecule has 2 aromatic rings. The fourth-order valence-corrected chi connectivity index (χ4v) is 3.95. The van der Waals surface area contributed by atoms with Gasteiger partial charge in [-0.1, -0.05) is 36.4 Å². The smallest absolute Gasteiger partial charge is 0.408 e. The average molecular weight is 467 g/mol. The van der Waals surface area contributed by atoms with Crippen LogP contribution in [0.15, 0.2) is 47.4 Å². The standard InChI is InChI=1S/C22H27FN2O6S/c1-22(2,3)31-21(28)25-17(12-13-26)20(27)24-16-11-10-15(14-8-6-5-7-9-14)19(18(16)23)32(4,29)30/h5-11,17,26H,12-13H2,1-4H3,(H,24,27)(H,25,28)/t17-/m0/s1. The van der Waals surface area contributed by atoms with Crippen molar-refractivity contribution in [3.63, 3.8) is 0 Å². The van der Waals surface area contributed by atoms with Gasteiger partial charge in [0.05, 0.1) is 5.69 Å². The van der Waals surface area contributed by atoms with Crippen LogP contribution in [0.1, 0.15) is 27.2 Å². The largest absolute Gasteiger partial charge is 0.444 e. The number of aliphatic hydroxyl groups excluding tert-OH is 1. The molecule has 2 amide bonds. The van der Waals surface area contributed by atoms with Gasteiger partial charge in [0.15, 0.2) is 15.7 Å². The van der Waals surface area contributed by atoms with Gasteiger partial charge in [0.2, 0.25) is 5.91 Å². The van der Waals surface area contributed by atoms with Gasteiger partial charge in [0.25, 0.3) is 0 Å². The average Bonchev–Trinajstić information content (AvgIpc) is 2.67. The fraction of sp³-hybridized carbons (Fsp3) is 0.364. The van der Waals surface area contributed by atoms with Gasteiger partial charge in [-0.15, -0.1) is 0 Å². The lowest BCUT2D eigenvalue weighted by atomic mass is 10.0. The number of halogens is 1. The minimum Gasteiger partial charge on any atom is -0.444 e. The number of anilines is 1. The Balaban J connectivity index is 2.36. The molecule has 0 fully saturated rings. The molecule has 0 unspecified atom stereocenters. The molecule has 10 heteroatoms. The molecule has 0 bridgehead atoms. The number of nitrogens with one attached hydrogen (secondary N) is 2. The van der Waals surface area contributed by atoms with Gasteiger partial charge in [-0.05, 0) is 38.8 Å². The molecular weight excluding hydrogens is 439 g/mol. The Kier molecular flexibility index (Phi) is 7.97. The van der Waals surface area contributed by atoms with Gasteiger partial charge in [-0.3, -0.25) is 4.79 Å². The summed E-state index contributed by atoms with van der Waals surface area (Å²) < 4.78 is 45.0. The van der Waals surface area contributed by atoms with Crippen molar-refractivity contribution in [2.45, 2.75) is 43.7 Å². The first-order valence-electron chi connectivity index (χ1n) is 9.82. The van der Waals surface area contributed by atoms with E-state index in [9.17, 15) is 23.1 Å². The van der Waals surface area contributed by atoms with Crippen LogP contribution < -0.4 is 10.6 Å². The summed E-state index contributed by atoms with van der Waals surface area (Å²) in [6, 6.07) is 9.82. The van der Waals surface area contributed by atoms with E-state index in [0.29, 0.717) is 5.56 Å². The van der Waals surface area contributed by atoms with Crippen LogP contribution in [0.3, 0.4) is 0 Å². The highest BCUT2D eigenvalue weighted by Gasteiger charge is 2.27. The molecule has 0 aliphatic rings. The summed E-state index contributed by atoms with van der Waals surface area (Å²) in [7, 11) is -4.00. The van der Waals surface area contributed by atoms with Crippen molar-refractivity contribution in [2.75, 3.05) is 18.2 Å². The van der Waals surface area contributed by atoms with E-state index in [1.807, 2.05) is 0 Å². The maximum atomic E-state index is 15.3. The molecule has 0 saturated carbocycles. The van der Waals surface area contributed by atoms with Crippen LogP contribution in [0.5, 0.6) is 0 Å². The Hall–Kier alpha value is -2.98. The van der Waals surface area contributed by atoms with E-state index < -0.39 is 50.8 Å². The number of ether oxygens (including phenoxy) is 1. The van der Waals surface area contributed by atoms with E-state index in [2.05, 4.69) is 10.6 Å². The third kappa shape index (κ3) is 6.76. The molecule has 32 heavy (non-hydrogen) atoms. The lowest BCUT2D eigenvalue weighted by molar-refractivity contribution is -0.118. The van der Waals surface area contributed by atoms with Crippen LogP contribution in [-0.2, 0) is 19.4 Å². The summed E-state index contributed by atoms with van der Waals surface area (Å²) in [6.07, 6.45) is -0.168. The number of hydrogen-bond acceptors (Lipinski definition) is 6. The molecule has 0 saturated heterocycles. The van der Waals surface area contributed by atoms with Gasteiger partial charge in [0.1, 0.15) is 16.5 Å². The topological polar surface area (TPSA) is 122 Å². The van der Waals surface area contributed by atoms with Gasteiger partial charge in [0, 0.05) is 18.4 Å². The Morgan fingerprint density at radius 2 is 1.75 bits per heavy atom. The van der Waals surface area contributed by atoms with Crippen LogP contribution >= 0.6 is 0 Å². The van der Waals surface area contributed by atoms with Crippen LogP contribution in [0.25, 0.3) is 11.1 Å². The van der Waals surface area contributed by atoms with Crippen LogP contribution in [0, 0.1) is 5.82 Å². The van der Waals surface area contributed by atoms with Crippen molar-refractivity contribution in [1.82, 2.24) is 5.32 Å². The summed E-state index contributed by atoms with van der Waals surface area (Å²) in [5.74, 6) is -1.96. The quantitative estimate of drug-likeness (QED) is 0.576. The predicted octanol–water partition coefficient (Wildman–Crippen LogP) is 3.11. The molecule has 174 valence electrons. The molecular formula is C22H27FN2O6S. The van der Waals surface area contributed by atoms with Crippen molar-refractivity contribution >= 4 is 27.5 Å². The van der Waals surface area contributed by atoms with Crippen LogP contribution in [0.2, 0.25) is 0 Å². The van der Waals surface area contributed by atoms with Crippen LogP contribution in [0.4, 0.5) is 14.9 Å². The third-order valence-electron chi connectivity index (χ3n) is 4.24. The minimum absolute atomic E-state index is 0.155. The summed E-state index contributed by atoms with van der Waals surface area (Å²) in [5.41, 5.74) is -0.533. The van der Waals surface area contributed by atoms with Crippen molar-refractivity contribution in [2.24, 2.45) is 0 Å². The number of sulfone groups is 1. The van der Waals surface area contributed by atoms with Gasteiger partial charge < -0.3 is 20.5 Å². The first-order chi connectivity index (χ1) is 14.8. The van der Waals surface area contributed by atoms with Crippen molar-refractivity contribution < 1.29 is 32.2 Å². The molecule has 0 aliphatic carbocycles. The first-order valence-corrected chi connectivity index (χ1v) is 11.7. The number of carbonyl (C=O) groups excluding carboxylic acids is 2. The zero-order chi connectivity index (χ0) is 24.1. The van der Waals surface area contributed by atoms with E-state index in [-0.39, 0.29) is 17.7 Å². The monoisotopic (exact) mass is 466 g/mol. The van der Waals surface area contributed by atoms with E-state index in [0.717, 1.165) is 6.26 Å². The highest BCUT2D eigenvalue weighted by Crippen LogP contribution is 2.33. The highest BCUT2D eigenvalue weighted by atomic mass is 32.2. The summed E-state index contributed by atoms with van der Waals surface area (Å²) in [6.45, 7) is 4.50. The number of amides is 2. The van der Waals surface area contributed by atoms with Crippen LogP contribution in [-0.4, -0.2) is 50.0 Å². The van der Waals surface area contributed by atoms with Crippen molar-refractivity contribution in [3.8, 4) is 11.1 Å². The maximum Gasteiger partial charge on any atom is 0.408 e. The summed E-state index contributed by atoms with van der Waals surface area (Å²) >= 11 is 0. The zero-order valence-electron chi connectivity index (χ0n) is 18.3. The zero-order valence-corrected chi connectivity index (χ0v) is 19.1. The molecule has 0 radical (unpaired) electrons. The third-order valence-corrected chi connectivity index (χ3v) is 5.38. The fourth-order valence-electron chi connectivity index (χ4n) is 2.93. The number of rotatable bonds is 7. The molecule has 8 nitrogen and oxygen atoms in total. The van der Waals surface area contributed by atoms with E-state index >= 15 is 4.39 Å². The van der Waals surface area contributed by atoms with Gasteiger partial charge in [-0.2, -0.15) is 0 Å². The molecule has 0 spiro atoms. The Morgan fingerprint density at radius 1 is 1.12 bits per heavy atom. The SMILES string of the molecule is CC(C)(C)OC(=O)N[C@@H](CCO)C(=O)Nc1ccc(-c2ccccc2)c(S(C)(=O)=O)c1F. The number of carbonyl (C=O) groups is 2. The maximum absolute atomic E-state index is 15.3. The molecule has 0 aromatic heterocycles. The lowest BCUT2D eigenvalue weighted by Gasteiger charge is -2.23. The molecule has 2 aromatic carbocycles. The van der Waals surface area contributed by atoms with Crippen molar-refractivity contribution in [3.05, 3.63) is 48.3 Å². The Bertz CT molecular complexity index is 1080. The van der Waals surface area contributed by atoms with Gasteiger partial charge in [-0.25, -0.2) is 17.6 Å². The number of alkyl carbamates (subject to hydrolysis) is 1. The molecule has 1 atom stereocenters. The predicted molar refractivity (Wildman–Crippen MR) is 118 cm³/mol. The Morgan fingerprint density at radius 3 is 2.28 bits per heavy atom. The normalized spacial score (nSPS) is 12.7. The molecule has 0 aliphatic heterocycles. The van der Waals surface area contributed by atoms with E-state index in [4.69, 9.17) is 4.74 Å². The summed E-state index contributed by atoms with van der Waals surface area (Å²) in [4.78, 5) is 24.1. The second-order valence-corrected chi connectivity index (χ2v) is 10.1. The lowest BCUT2D eigenvalue weighted by Crippen LogP contribution is -2.46. The minimum atomic E-state index is -4.00. The molecule has 0 heterocycles. The second-order valence-electron chi connectivity index (χ2n) is 8.14. The second kappa shape index (κ2) is 10.1. The Labute approximate surface area is 186 Å². The van der Waals surface area contributed by atoms with Crippen molar-refractivity contribution in [1.29, 1.82) is 0 Å². The first kappa shape index (κ1) is 25.3. The molecule has 2 rings (SSSR count). The van der Waals surface area contributed by atoms with E-state index in [1.165, 1.54) is 12.1 Å². The van der Waals surface area contributed by atoms with Gasteiger partial charge >= 0.3 is 6.09 Å². The number of benzene rings is 2.